The number of rotatable bonds is 7. The number of hydrogen-bond donors (Lipinski definition) is 1. The summed E-state index contributed by atoms with van der Waals surface area (Å²) in [6.07, 6.45) is 3.38. The van der Waals surface area contributed by atoms with Crippen LogP contribution in [0.1, 0.15) is 38.7 Å². The summed E-state index contributed by atoms with van der Waals surface area (Å²) in [5.74, 6) is 1.02. The van der Waals surface area contributed by atoms with Crippen LogP contribution in [0.5, 0.6) is 5.75 Å². The molecule has 18 heavy (non-hydrogen) atoms. The molecular formula is C15H23NO2. The Bertz CT molecular complexity index is 359. The van der Waals surface area contributed by atoms with Crippen LogP contribution < -0.4 is 10.1 Å². The smallest absolute Gasteiger partial charge is 0.220 e. The number of amides is 1. The number of hydrogen-bond acceptors (Lipinski definition) is 2. The Kier molecular flexibility index (Phi) is 6.26. The topological polar surface area (TPSA) is 38.3 Å². The monoisotopic (exact) mass is 249 g/mol. The Balaban J connectivity index is 2.26. The van der Waals surface area contributed by atoms with Gasteiger partial charge in [-0.3, -0.25) is 4.79 Å². The summed E-state index contributed by atoms with van der Waals surface area (Å²) in [6.45, 7) is 4.10. The second-order valence-electron chi connectivity index (χ2n) is 4.58. The molecule has 1 N–H and O–H groups in total. The maximum absolute atomic E-state index is 11.6. The van der Waals surface area contributed by atoms with Crippen LogP contribution in [0.3, 0.4) is 0 Å². The minimum absolute atomic E-state index is 0.151. The molecule has 0 aliphatic heterocycles. The average molecular weight is 249 g/mol. The summed E-state index contributed by atoms with van der Waals surface area (Å²) in [4.78, 5) is 11.6. The minimum atomic E-state index is 0.151. The number of methoxy groups -OCH3 is 1. The summed E-state index contributed by atoms with van der Waals surface area (Å²) in [6, 6.07) is 8.28. The lowest BCUT2D eigenvalue weighted by Crippen LogP contribution is -2.31. The molecule has 0 fully saturated rings. The quantitative estimate of drug-likeness (QED) is 0.807. The Hall–Kier alpha value is -1.51. The first-order valence-corrected chi connectivity index (χ1v) is 6.58. The van der Waals surface area contributed by atoms with Gasteiger partial charge in [-0.25, -0.2) is 0 Å². The highest BCUT2D eigenvalue weighted by Crippen LogP contribution is 2.13. The third kappa shape index (κ3) is 5.21. The number of aryl methyl sites for hydroxylation is 1. The van der Waals surface area contributed by atoms with E-state index in [0.29, 0.717) is 6.42 Å². The van der Waals surface area contributed by atoms with Crippen LogP contribution in [0.25, 0.3) is 0 Å². The zero-order valence-corrected chi connectivity index (χ0v) is 11.5. The second kappa shape index (κ2) is 7.75. The van der Waals surface area contributed by atoms with Crippen molar-refractivity contribution in [3.05, 3.63) is 29.8 Å². The molecular weight excluding hydrogens is 226 g/mol. The number of ether oxygens (including phenoxy) is 1. The molecule has 100 valence electrons. The van der Waals surface area contributed by atoms with Gasteiger partial charge in [0.15, 0.2) is 0 Å². The molecule has 1 amide bonds. The van der Waals surface area contributed by atoms with Gasteiger partial charge in [-0.2, -0.15) is 0 Å². The lowest BCUT2D eigenvalue weighted by atomic mass is 10.1. The highest BCUT2D eigenvalue weighted by Gasteiger charge is 2.05. The Labute approximate surface area is 110 Å². The Morgan fingerprint density at radius 1 is 1.33 bits per heavy atom. The van der Waals surface area contributed by atoms with Crippen LogP contribution >= 0.6 is 0 Å². The van der Waals surface area contributed by atoms with Gasteiger partial charge in [0.05, 0.1) is 7.11 Å². The molecule has 0 radical (unpaired) electrons. The normalized spacial score (nSPS) is 11.9. The van der Waals surface area contributed by atoms with Crippen molar-refractivity contribution in [2.24, 2.45) is 0 Å². The molecule has 1 rings (SSSR count). The number of carbonyl (C=O) groups excluding carboxylic acids is 1. The zero-order chi connectivity index (χ0) is 13.4. The van der Waals surface area contributed by atoms with Gasteiger partial charge >= 0.3 is 0 Å². The van der Waals surface area contributed by atoms with E-state index in [9.17, 15) is 4.79 Å². The van der Waals surface area contributed by atoms with Crippen LogP contribution in [-0.2, 0) is 11.2 Å². The van der Waals surface area contributed by atoms with Crippen molar-refractivity contribution < 1.29 is 9.53 Å². The first kappa shape index (κ1) is 14.6. The van der Waals surface area contributed by atoms with Crippen LogP contribution in [0.15, 0.2) is 24.3 Å². The van der Waals surface area contributed by atoms with E-state index in [2.05, 4.69) is 12.2 Å². The molecule has 1 atom stereocenters. The molecule has 0 aliphatic carbocycles. The first-order chi connectivity index (χ1) is 8.65. The third-order valence-corrected chi connectivity index (χ3v) is 3.05. The van der Waals surface area contributed by atoms with Crippen LogP contribution in [0, 0.1) is 0 Å². The van der Waals surface area contributed by atoms with Gasteiger partial charge in [-0.05, 0) is 43.9 Å². The third-order valence-electron chi connectivity index (χ3n) is 3.05. The molecule has 1 aromatic carbocycles. The highest BCUT2D eigenvalue weighted by molar-refractivity contribution is 5.76. The summed E-state index contributed by atoms with van der Waals surface area (Å²) in [5.41, 5.74) is 1.24. The van der Waals surface area contributed by atoms with Gasteiger partial charge in [0.1, 0.15) is 5.75 Å². The lowest BCUT2D eigenvalue weighted by Gasteiger charge is -2.11. The molecule has 0 aliphatic rings. The molecule has 3 heteroatoms. The van der Waals surface area contributed by atoms with E-state index < -0.39 is 0 Å². The second-order valence-corrected chi connectivity index (χ2v) is 4.58. The fourth-order valence-electron chi connectivity index (χ4n) is 1.69. The van der Waals surface area contributed by atoms with E-state index >= 15 is 0 Å². The molecule has 0 heterocycles. The Morgan fingerprint density at radius 3 is 2.56 bits per heavy atom. The molecule has 0 saturated heterocycles. The molecule has 0 saturated carbocycles. The summed E-state index contributed by atoms with van der Waals surface area (Å²) in [7, 11) is 1.66. The van der Waals surface area contributed by atoms with Crippen molar-refractivity contribution in [3.8, 4) is 5.75 Å². The first-order valence-electron chi connectivity index (χ1n) is 6.58. The molecule has 0 aromatic heterocycles. The van der Waals surface area contributed by atoms with Crippen LogP contribution in [0.2, 0.25) is 0 Å². The van der Waals surface area contributed by atoms with Crippen LogP contribution in [-0.4, -0.2) is 19.1 Å². The van der Waals surface area contributed by atoms with Crippen molar-refractivity contribution in [1.29, 1.82) is 0 Å². The van der Waals surface area contributed by atoms with E-state index in [1.165, 1.54) is 5.56 Å². The van der Waals surface area contributed by atoms with Crippen molar-refractivity contribution in [1.82, 2.24) is 5.32 Å². The van der Waals surface area contributed by atoms with Crippen molar-refractivity contribution in [3.63, 3.8) is 0 Å². The van der Waals surface area contributed by atoms with E-state index in [-0.39, 0.29) is 11.9 Å². The van der Waals surface area contributed by atoms with Gasteiger partial charge < -0.3 is 10.1 Å². The maximum Gasteiger partial charge on any atom is 0.220 e. The molecule has 0 unspecified atom stereocenters. The number of carbonyl (C=O) groups is 1. The lowest BCUT2D eigenvalue weighted by molar-refractivity contribution is -0.121. The highest BCUT2D eigenvalue weighted by atomic mass is 16.5. The molecule has 1 aromatic rings. The fourth-order valence-corrected chi connectivity index (χ4v) is 1.69. The summed E-state index contributed by atoms with van der Waals surface area (Å²) in [5, 5.41) is 2.98. The molecule has 0 bridgehead atoms. The van der Waals surface area contributed by atoms with Crippen molar-refractivity contribution >= 4 is 5.91 Å². The SMILES string of the molecule is CC[C@@H](C)NC(=O)CCCc1ccc(OC)cc1. The van der Waals surface area contributed by atoms with Crippen LogP contribution in [0.4, 0.5) is 0 Å². The maximum atomic E-state index is 11.6. The van der Waals surface area contributed by atoms with Gasteiger partial charge in [0, 0.05) is 12.5 Å². The summed E-state index contributed by atoms with van der Waals surface area (Å²) < 4.78 is 5.10. The zero-order valence-electron chi connectivity index (χ0n) is 11.5. The average Bonchev–Trinajstić information content (AvgIpc) is 2.39. The van der Waals surface area contributed by atoms with E-state index in [1.807, 2.05) is 31.2 Å². The number of nitrogens with one attached hydrogen (secondary N) is 1. The fraction of sp³-hybridized carbons (Fsp3) is 0.533. The van der Waals surface area contributed by atoms with E-state index in [0.717, 1.165) is 25.0 Å². The Morgan fingerprint density at radius 2 is 2.00 bits per heavy atom. The molecule has 0 spiro atoms. The molecule has 3 nitrogen and oxygen atoms in total. The predicted molar refractivity (Wildman–Crippen MR) is 73.8 cm³/mol. The predicted octanol–water partition coefficient (Wildman–Crippen LogP) is 2.93. The van der Waals surface area contributed by atoms with Gasteiger partial charge in [-0.15, -0.1) is 0 Å². The van der Waals surface area contributed by atoms with E-state index in [1.54, 1.807) is 7.11 Å². The van der Waals surface area contributed by atoms with Crippen molar-refractivity contribution in [2.75, 3.05) is 7.11 Å². The summed E-state index contributed by atoms with van der Waals surface area (Å²) >= 11 is 0. The van der Waals surface area contributed by atoms with E-state index in [4.69, 9.17) is 4.74 Å². The van der Waals surface area contributed by atoms with Gasteiger partial charge in [-0.1, -0.05) is 19.1 Å². The largest absolute Gasteiger partial charge is 0.497 e. The van der Waals surface area contributed by atoms with Gasteiger partial charge in [0.25, 0.3) is 0 Å². The minimum Gasteiger partial charge on any atom is -0.497 e. The number of benzene rings is 1. The van der Waals surface area contributed by atoms with Gasteiger partial charge in [0.2, 0.25) is 5.91 Å². The standard InChI is InChI=1S/C15H23NO2/c1-4-12(2)16-15(17)7-5-6-13-8-10-14(18-3)11-9-13/h8-12H,4-7H2,1-3H3,(H,16,17)/t12-/m1/s1. The van der Waals surface area contributed by atoms with Crippen molar-refractivity contribution in [2.45, 2.75) is 45.6 Å².